The lowest BCUT2D eigenvalue weighted by Crippen LogP contribution is -2.35. The zero-order valence-corrected chi connectivity index (χ0v) is 21.0. The fourth-order valence-electron chi connectivity index (χ4n) is 4.72. The van der Waals surface area contributed by atoms with Crippen molar-refractivity contribution in [2.45, 2.75) is 39.3 Å². The van der Waals surface area contributed by atoms with Crippen LogP contribution in [0.5, 0.6) is 0 Å². The van der Waals surface area contributed by atoms with Crippen molar-refractivity contribution in [2.75, 3.05) is 44.8 Å². The van der Waals surface area contributed by atoms with Crippen molar-refractivity contribution in [3.63, 3.8) is 0 Å². The Kier molecular flexibility index (Phi) is 8.33. The summed E-state index contributed by atoms with van der Waals surface area (Å²) in [5.41, 5.74) is 4.26. The van der Waals surface area contributed by atoms with Crippen LogP contribution in [0.15, 0.2) is 30.6 Å². The average Bonchev–Trinajstić information content (AvgIpc) is 3.24. The quantitative estimate of drug-likeness (QED) is 0.533. The van der Waals surface area contributed by atoms with E-state index in [0.717, 1.165) is 57.2 Å². The molecule has 0 bridgehead atoms. The largest absolute Gasteiger partial charge is 0.381 e. The van der Waals surface area contributed by atoms with E-state index in [2.05, 4.69) is 48.8 Å². The van der Waals surface area contributed by atoms with E-state index in [1.54, 1.807) is 6.20 Å². The fraction of sp³-hybridized carbons (Fsp3) is 0.480. The minimum absolute atomic E-state index is 0. The molecule has 35 heavy (non-hydrogen) atoms. The van der Waals surface area contributed by atoms with Gasteiger partial charge in [0.05, 0.1) is 31.3 Å². The summed E-state index contributed by atoms with van der Waals surface area (Å²) in [6, 6.07) is 6.45. The molecule has 10 heteroatoms. The first-order chi connectivity index (χ1) is 16.6. The van der Waals surface area contributed by atoms with E-state index >= 15 is 0 Å². The number of nitrogens with zero attached hydrogens (tertiary/aromatic N) is 5. The lowest BCUT2D eigenvalue weighted by molar-refractivity contribution is 0.0341. The predicted octanol–water partition coefficient (Wildman–Crippen LogP) is 4.45. The second kappa shape index (κ2) is 11.4. The van der Waals surface area contributed by atoms with Gasteiger partial charge in [-0.05, 0) is 49.9 Å². The summed E-state index contributed by atoms with van der Waals surface area (Å²) in [6.07, 6.45) is 4.67. The van der Waals surface area contributed by atoms with Crippen molar-refractivity contribution in [1.82, 2.24) is 24.4 Å². The van der Waals surface area contributed by atoms with Gasteiger partial charge in [-0.15, -0.1) is 12.4 Å². The van der Waals surface area contributed by atoms with Gasteiger partial charge in [0.25, 0.3) is 0 Å². The number of hydrogen-bond acceptors (Lipinski definition) is 7. The Morgan fingerprint density at radius 1 is 1.03 bits per heavy atom. The van der Waals surface area contributed by atoms with Gasteiger partial charge in [-0.3, -0.25) is 4.90 Å². The number of imidazole rings is 1. The third-order valence-electron chi connectivity index (χ3n) is 6.62. The highest BCUT2D eigenvalue weighted by Gasteiger charge is 2.23. The smallest absolute Gasteiger partial charge is 0.227 e. The van der Waals surface area contributed by atoms with Gasteiger partial charge in [0.15, 0.2) is 5.82 Å². The Morgan fingerprint density at radius 2 is 1.77 bits per heavy atom. The van der Waals surface area contributed by atoms with Crippen molar-refractivity contribution < 1.29 is 13.9 Å². The van der Waals surface area contributed by atoms with Crippen LogP contribution in [0.3, 0.4) is 0 Å². The zero-order chi connectivity index (χ0) is 23.5. The third kappa shape index (κ3) is 5.81. The molecule has 1 N–H and O–H groups in total. The maximum Gasteiger partial charge on any atom is 0.227 e. The number of anilines is 2. The molecule has 4 heterocycles. The van der Waals surface area contributed by atoms with E-state index in [4.69, 9.17) is 9.47 Å². The standard InChI is InChI=1S/C25H31FN6O2.ClH/c1-17-13-20(4-3-19(17)16-31-7-11-34-12-8-31)29-25-28-14-22(26)24(30-25)23-15-27-18(2)32(23)21-5-9-33-10-6-21;/h3-4,13-15,21H,5-12,16H2,1-2H3,(H,28,29,30);1H. The van der Waals surface area contributed by atoms with Crippen LogP contribution in [0.2, 0.25) is 0 Å². The Hall–Kier alpha value is -2.59. The van der Waals surface area contributed by atoms with Crippen LogP contribution in [-0.4, -0.2) is 63.9 Å². The fourth-order valence-corrected chi connectivity index (χ4v) is 4.72. The third-order valence-corrected chi connectivity index (χ3v) is 6.62. The van der Waals surface area contributed by atoms with Crippen LogP contribution in [0, 0.1) is 19.7 Å². The minimum Gasteiger partial charge on any atom is -0.381 e. The molecule has 2 aliphatic heterocycles. The molecule has 0 atom stereocenters. The molecule has 0 aliphatic carbocycles. The van der Waals surface area contributed by atoms with E-state index in [9.17, 15) is 4.39 Å². The molecule has 2 aromatic heterocycles. The van der Waals surface area contributed by atoms with Crippen LogP contribution in [0.25, 0.3) is 11.4 Å². The molecular formula is C25H32ClFN6O2. The normalized spacial score (nSPS) is 17.2. The van der Waals surface area contributed by atoms with Gasteiger partial charge in [0.1, 0.15) is 11.5 Å². The lowest BCUT2D eigenvalue weighted by Gasteiger charge is -2.27. The maximum atomic E-state index is 14.9. The van der Waals surface area contributed by atoms with E-state index in [0.29, 0.717) is 24.9 Å². The van der Waals surface area contributed by atoms with Crippen LogP contribution >= 0.6 is 12.4 Å². The lowest BCUT2D eigenvalue weighted by atomic mass is 10.1. The summed E-state index contributed by atoms with van der Waals surface area (Å²) in [5.74, 6) is 0.741. The number of hydrogen-bond donors (Lipinski definition) is 1. The van der Waals surface area contributed by atoms with E-state index in [-0.39, 0.29) is 24.1 Å². The number of aromatic nitrogens is 4. The first-order valence-electron chi connectivity index (χ1n) is 11.9. The topological polar surface area (TPSA) is 77.3 Å². The van der Waals surface area contributed by atoms with Crippen LogP contribution in [-0.2, 0) is 16.0 Å². The molecule has 8 nitrogen and oxygen atoms in total. The molecular weight excluding hydrogens is 471 g/mol. The van der Waals surface area contributed by atoms with Gasteiger partial charge < -0.3 is 19.4 Å². The molecule has 0 spiro atoms. The van der Waals surface area contributed by atoms with Crippen molar-refractivity contribution in [1.29, 1.82) is 0 Å². The van der Waals surface area contributed by atoms with Gasteiger partial charge in [0.2, 0.25) is 5.95 Å². The monoisotopic (exact) mass is 502 g/mol. The number of aryl methyl sites for hydroxylation is 2. The molecule has 3 aromatic rings. The molecule has 2 fully saturated rings. The number of ether oxygens (including phenoxy) is 2. The summed E-state index contributed by atoms with van der Waals surface area (Å²) in [5, 5.41) is 3.25. The number of rotatable bonds is 6. The molecule has 5 rings (SSSR count). The number of halogens is 2. The Morgan fingerprint density at radius 3 is 2.51 bits per heavy atom. The summed E-state index contributed by atoms with van der Waals surface area (Å²) in [4.78, 5) is 15.6. The highest BCUT2D eigenvalue weighted by molar-refractivity contribution is 5.85. The zero-order valence-electron chi connectivity index (χ0n) is 20.2. The first kappa shape index (κ1) is 25.5. The Labute approximate surface area is 211 Å². The van der Waals surface area contributed by atoms with Crippen molar-refractivity contribution >= 4 is 24.0 Å². The molecule has 1 aromatic carbocycles. The molecule has 188 valence electrons. The van der Waals surface area contributed by atoms with Gasteiger partial charge in [0, 0.05) is 44.6 Å². The second-order valence-corrected chi connectivity index (χ2v) is 8.95. The number of morpholine rings is 1. The molecule has 0 amide bonds. The number of nitrogens with one attached hydrogen (secondary N) is 1. The molecule has 0 saturated carbocycles. The summed E-state index contributed by atoms with van der Waals surface area (Å²) in [6.45, 7) is 9.83. The minimum atomic E-state index is -0.462. The molecule has 0 unspecified atom stereocenters. The van der Waals surface area contributed by atoms with Crippen LogP contribution in [0.4, 0.5) is 16.0 Å². The summed E-state index contributed by atoms with van der Waals surface area (Å²) < 4.78 is 27.9. The van der Waals surface area contributed by atoms with Crippen molar-refractivity contribution in [3.8, 4) is 11.4 Å². The van der Waals surface area contributed by atoms with Crippen molar-refractivity contribution in [2.24, 2.45) is 0 Å². The van der Waals surface area contributed by atoms with Crippen LogP contribution < -0.4 is 5.32 Å². The summed E-state index contributed by atoms with van der Waals surface area (Å²) >= 11 is 0. The van der Waals surface area contributed by atoms with Crippen LogP contribution in [0.1, 0.15) is 35.8 Å². The van der Waals surface area contributed by atoms with E-state index < -0.39 is 5.82 Å². The highest BCUT2D eigenvalue weighted by Crippen LogP contribution is 2.31. The van der Waals surface area contributed by atoms with Gasteiger partial charge in [-0.2, -0.15) is 0 Å². The molecule has 2 saturated heterocycles. The molecule has 2 aliphatic rings. The Bertz CT molecular complexity index is 1140. The predicted molar refractivity (Wildman–Crippen MR) is 135 cm³/mol. The van der Waals surface area contributed by atoms with E-state index in [1.165, 1.54) is 17.3 Å². The summed E-state index contributed by atoms with van der Waals surface area (Å²) in [7, 11) is 0. The Balaban J connectivity index is 0.00000289. The number of benzene rings is 1. The van der Waals surface area contributed by atoms with Gasteiger partial charge in [-0.25, -0.2) is 19.3 Å². The van der Waals surface area contributed by atoms with E-state index in [1.807, 2.05) is 13.0 Å². The first-order valence-corrected chi connectivity index (χ1v) is 11.9. The van der Waals surface area contributed by atoms with Crippen molar-refractivity contribution in [3.05, 3.63) is 53.4 Å². The average molecular weight is 503 g/mol. The SMILES string of the molecule is Cc1cc(Nc2ncc(F)c(-c3cnc(C)n3C3CCOCC3)n2)ccc1CN1CCOCC1.Cl. The highest BCUT2D eigenvalue weighted by atomic mass is 35.5. The maximum absolute atomic E-state index is 14.9. The second-order valence-electron chi connectivity index (χ2n) is 8.95. The van der Waals surface area contributed by atoms with Gasteiger partial charge >= 0.3 is 0 Å². The van der Waals surface area contributed by atoms with Gasteiger partial charge in [-0.1, -0.05) is 6.07 Å². The molecule has 0 radical (unpaired) electrons.